The summed E-state index contributed by atoms with van der Waals surface area (Å²) in [5.41, 5.74) is 0. The summed E-state index contributed by atoms with van der Waals surface area (Å²) in [5, 5.41) is 0. The molecule has 0 aromatic heterocycles. The molecule has 0 radical (unpaired) electrons. The second-order valence-corrected chi connectivity index (χ2v) is 0. The van der Waals surface area contributed by atoms with Gasteiger partial charge in [-0.25, -0.2) is 0 Å². The fourth-order valence-corrected chi connectivity index (χ4v) is 0. The quantitative estimate of drug-likeness (QED) is 0.477. The van der Waals surface area contributed by atoms with Crippen molar-refractivity contribution in [2.45, 2.75) is 0 Å². The Morgan fingerprint density at radius 3 is 1.25 bits per heavy atom. The van der Waals surface area contributed by atoms with Gasteiger partial charge in [0.2, 0.25) is 0 Å². The van der Waals surface area contributed by atoms with Crippen LogP contribution in [0, 0.1) is 0 Å². The molecule has 0 saturated heterocycles. The Hall–Kier alpha value is 0.925. The molecule has 0 aliphatic heterocycles. The van der Waals surface area contributed by atoms with Crippen molar-refractivity contribution in [1.82, 2.24) is 0 Å². The van der Waals surface area contributed by atoms with Crippen molar-refractivity contribution in [1.29, 1.82) is 0 Å². The van der Waals surface area contributed by atoms with Gasteiger partial charge in [0.15, 0.2) is 0 Å². The molecule has 0 aliphatic carbocycles. The van der Waals surface area contributed by atoms with Crippen molar-refractivity contribution in [3.63, 3.8) is 0 Å². The van der Waals surface area contributed by atoms with Crippen LogP contribution in [0.3, 0.4) is 0 Å². The molecule has 2 nitrogen and oxygen atoms in total. The van der Waals surface area contributed by atoms with E-state index in [1.54, 1.807) is 0 Å². The molecule has 0 aliphatic rings. The molecule has 0 fully saturated rings. The van der Waals surface area contributed by atoms with E-state index >= 15 is 0 Å². The summed E-state index contributed by atoms with van der Waals surface area (Å²) in [5.74, 6) is 0. The molecule has 0 unspecified atom stereocenters. The monoisotopic (exact) mass is 176 g/mol. The molecule has 4 heavy (non-hydrogen) atoms. The Balaban J connectivity index is 0. The minimum absolute atomic E-state index is 0.500. The van der Waals surface area contributed by atoms with Gasteiger partial charge >= 0.3 is 45.3 Å². The standard InChI is InChI=1S/Nb.2O.V. The molecule has 0 rings (SSSR count). The zero-order chi connectivity index (χ0) is 4.00. The summed E-state index contributed by atoms with van der Waals surface area (Å²) in [6.07, 6.45) is 0. The fourth-order valence-electron chi connectivity index (χ4n) is 0. The molecule has 0 spiro atoms. The number of hydrogen-bond acceptors (Lipinski definition) is 2. The van der Waals surface area contributed by atoms with Crippen LogP contribution in [0.5, 0.6) is 0 Å². The first-order chi connectivity index (χ1) is 2.00. The zero-order valence-corrected chi connectivity index (χ0v) is 5.31. The summed E-state index contributed by atoms with van der Waals surface area (Å²) in [4.78, 5) is 0. The van der Waals surface area contributed by atoms with Crippen molar-refractivity contribution in [2.75, 3.05) is 0 Å². The molecule has 0 amide bonds. The first-order valence-electron chi connectivity index (χ1n) is 0.365. The predicted octanol–water partition coefficient (Wildman–Crippen LogP) is -0.243. The molecule has 0 bridgehead atoms. The summed E-state index contributed by atoms with van der Waals surface area (Å²) < 4.78 is 16.5. The van der Waals surface area contributed by atoms with Crippen LogP contribution >= 0.6 is 0 Å². The molecular weight excluding hydrogens is 176 g/mol. The third-order valence-electron chi connectivity index (χ3n) is 0. The van der Waals surface area contributed by atoms with Crippen LogP contribution in [0.15, 0.2) is 0 Å². The minimum atomic E-state index is 0.500. The van der Waals surface area contributed by atoms with Crippen LogP contribution in [0.25, 0.3) is 0 Å². The summed E-state index contributed by atoms with van der Waals surface area (Å²) >= 11 is 1.56. The normalized spacial score (nSPS) is 1.50. The Bertz CT molecular complexity index is 8.00. The molecule has 0 aromatic rings. The summed E-state index contributed by atoms with van der Waals surface area (Å²) in [6.45, 7) is 0. The maximum absolute atomic E-state index is 8.30. The number of rotatable bonds is 0. The third kappa shape index (κ3) is 12.7. The molecule has 22 valence electrons. The predicted molar refractivity (Wildman–Crippen MR) is 1.37 cm³/mol. The molecule has 4 heteroatoms. The third-order valence-corrected chi connectivity index (χ3v) is 0. The molecule has 0 saturated carbocycles. The van der Waals surface area contributed by atoms with Crippen LogP contribution in [0.1, 0.15) is 0 Å². The van der Waals surface area contributed by atoms with E-state index in [4.69, 9.17) is 6.92 Å². The van der Waals surface area contributed by atoms with Crippen molar-refractivity contribution >= 4 is 0 Å². The van der Waals surface area contributed by atoms with Gasteiger partial charge in [-0.15, -0.1) is 0 Å². The van der Waals surface area contributed by atoms with Crippen molar-refractivity contribution in [2.24, 2.45) is 0 Å². The Morgan fingerprint density at radius 2 is 1.25 bits per heavy atom. The van der Waals surface area contributed by atoms with E-state index in [-0.39, 0.29) is 0 Å². The van der Waals surface area contributed by atoms with Crippen molar-refractivity contribution in [3.05, 3.63) is 0 Å². The molecule has 0 atom stereocenters. The van der Waals surface area contributed by atoms with Gasteiger partial charge in [0, 0.05) is 0 Å². The Kier molecular flexibility index (Phi) is 87.0. The van der Waals surface area contributed by atoms with Gasteiger partial charge in [0.1, 0.15) is 0 Å². The van der Waals surface area contributed by atoms with E-state index in [9.17, 15) is 0 Å². The second kappa shape index (κ2) is 39.3. The number of hydrogen-bond donors (Lipinski definition) is 0. The van der Waals surface area contributed by atoms with E-state index in [1.165, 1.54) is 0 Å². The molecular formula is NbO2V. The van der Waals surface area contributed by atoms with E-state index in [1.807, 2.05) is 0 Å². The Morgan fingerprint density at radius 1 is 1.25 bits per heavy atom. The average Bonchev–Trinajstić information content (AvgIpc) is 1.50. The molecule has 0 heterocycles. The molecule has 0 aromatic carbocycles. The maximum atomic E-state index is 8.30. The van der Waals surface area contributed by atoms with Gasteiger partial charge in [-0.05, 0) is 0 Å². The van der Waals surface area contributed by atoms with Crippen molar-refractivity contribution < 1.29 is 45.3 Å². The van der Waals surface area contributed by atoms with Crippen LogP contribution in [-0.2, 0) is 45.3 Å². The summed E-state index contributed by atoms with van der Waals surface area (Å²) in [6, 6.07) is 0. The van der Waals surface area contributed by atoms with Crippen LogP contribution in [0.2, 0.25) is 0 Å². The van der Waals surface area contributed by atoms with E-state index in [0.717, 1.165) is 17.4 Å². The first-order valence-corrected chi connectivity index (χ1v) is 1.83. The van der Waals surface area contributed by atoms with Gasteiger partial charge < -0.3 is 0 Å². The van der Waals surface area contributed by atoms with Crippen molar-refractivity contribution in [3.8, 4) is 0 Å². The fraction of sp³-hybridized carbons (Fsp3) is 0. The van der Waals surface area contributed by atoms with Crippen LogP contribution in [-0.4, -0.2) is 0 Å². The average molecular weight is 176 g/mol. The topological polar surface area (TPSA) is 34.1 Å². The van der Waals surface area contributed by atoms with Crippen LogP contribution < -0.4 is 0 Å². The van der Waals surface area contributed by atoms with E-state index in [0.29, 0.717) is 21.0 Å². The van der Waals surface area contributed by atoms with Gasteiger partial charge in [-0.3, -0.25) is 0 Å². The first kappa shape index (κ1) is 8.87. The van der Waals surface area contributed by atoms with Crippen LogP contribution in [0.4, 0.5) is 0 Å². The van der Waals surface area contributed by atoms with Gasteiger partial charge in [-0.1, -0.05) is 0 Å². The molecule has 0 N–H and O–H groups in total. The summed E-state index contributed by atoms with van der Waals surface area (Å²) in [7, 11) is 0. The van der Waals surface area contributed by atoms with Gasteiger partial charge in [0.05, 0.1) is 0 Å². The van der Waals surface area contributed by atoms with E-state index in [2.05, 4.69) is 0 Å². The Labute approximate surface area is 45.4 Å². The van der Waals surface area contributed by atoms with E-state index < -0.39 is 0 Å². The second-order valence-electron chi connectivity index (χ2n) is 0. The van der Waals surface area contributed by atoms with Gasteiger partial charge in [0.25, 0.3) is 0 Å². The zero-order valence-electron chi connectivity index (χ0n) is 1.71. The van der Waals surface area contributed by atoms with Gasteiger partial charge in [-0.2, -0.15) is 0 Å². The SMILES string of the molecule is [O]=[Nb].[O]=[V].